The Morgan fingerprint density at radius 1 is 0.947 bits per heavy atom. The van der Waals surface area contributed by atoms with E-state index in [0.717, 1.165) is 5.92 Å². The minimum atomic E-state index is 0.827. The molecule has 0 radical (unpaired) electrons. The summed E-state index contributed by atoms with van der Waals surface area (Å²) in [6.07, 6.45) is 8.89. The third kappa shape index (κ3) is 4.51. The summed E-state index contributed by atoms with van der Waals surface area (Å²) in [6.45, 7) is 4.59. The lowest BCUT2D eigenvalue weighted by atomic mass is 10.0. The number of benzene rings is 1. The molecule has 1 aromatic heterocycles. The van der Waals surface area contributed by atoms with Gasteiger partial charge in [0.2, 0.25) is 0 Å². The highest BCUT2D eigenvalue weighted by atomic mass is 14.6. The summed E-state index contributed by atoms with van der Waals surface area (Å²) >= 11 is 0. The maximum absolute atomic E-state index is 4.16. The maximum atomic E-state index is 4.16. The molecule has 0 atom stereocenters. The van der Waals surface area contributed by atoms with Crippen LogP contribution in [0.5, 0.6) is 0 Å². The first-order valence-corrected chi connectivity index (χ1v) is 7.25. The van der Waals surface area contributed by atoms with E-state index < -0.39 is 0 Å². The molecule has 0 amide bonds. The monoisotopic (exact) mass is 253 g/mol. The van der Waals surface area contributed by atoms with Gasteiger partial charge in [0, 0.05) is 12.4 Å². The summed E-state index contributed by atoms with van der Waals surface area (Å²) in [4.78, 5) is 4.16. The second-order valence-corrected chi connectivity index (χ2v) is 5.58. The smallest absolute Gasteiger partial charge is 0.0346 e. The maximum Gasteiger partial charge on any atom is 0.0346 e. The Hall–Kier alpha value is -1.63. The van der Waals surface area contributed by atoms with Crippen molar-refractivity contribution in [3.05, 3.63) is 54.4 Å². The van der Waals surface area contributed by atoms with Crippen LogP contribution in [0.15, 0.2) is 48.8 Å². The number of unbranched alkanes of at least 4 members (excludes halogenated alkanes) is 1. The van der Waals surface area contributed by atoms with E-state index in [1.54, 1.807) is 0 Å². The van der Waals surface area contributed by atoms with Crippen molar-refractivity contribution < 1.29 is 0 Å². The van der Waals surface area contributed by atoms with Gasteiger partial charge >= 0.3 is 0 Å². The Kier molecular flexibility index (Phi) is 5.14. The van der Waals surface area contributed by atoms with Crippen molar-refractivity contribution in [3.63, 3.8) is 0 Å². The van der Waals surface area contributed by atoms with E-state index in [1.165, 1.54) is 42.4 Å². The molecule has 1 heterocycles. The van der Waals surface area contributed by atoms with Gasteiger partial charge in [-0.3, -0.25) is 4.98 Å². The van der Waals surface area contributed by atoms with Crippen molar-refractivity contribution >= 4 is 0 Å². The molecule has 0 saturated carbocycles. The van der Waals surface area contributed by atoms with Crippen LogP contribution in [0.1, 0.15) is 38.7 Å². The third-order valence-electron chi connectivity index (χ3n) is 3.45. The second kappa shape index (κ2) is 7.08. The number of pyridine rings is 1. The molecule has 1 nitrogen and oxygen atoms in total. The Labute approximate surface area is 116 Å². The lowest BCUT2D eigenvalue weighted by Gasteiger charge is -2.06. The highest BCUT2D eigenvalue weighted by Gasteiger charge is 1.99. The van der Waals surface area contributed by atoms with Crippen LogP contribution in [0.25, 0.3) is 11.1 Å². The summed E-state index contributed by atoms with van der Waals surface area (Å²) < 4.78 is 0. The lowest BCUT2D eigenvalue weighted by Crippen LogP contribution is -1.90. The molecule has 0 aliphatic heterocycles. The predicted octanol–water partition coefficient (Wildman–Crippen LogP) is 5.12. The highest BCUT2D eigenvalue weighted by molar-refractivity contribution is 5.62. The van der Waals surface area contributed by atoms with E-state index in [4.69, 9.17) is 0 Å². The minimum absolute atomic E-state index is 0.827. The average Bonchev–Trinajstić information content (AvgIpc) is 2.45. The van der Waals surface area contributed by atoms with Gasteiger partial charge in [-0.2, -0.15) is 0 Å². The average molecular weight is 253 g/mol. The molecule has 0 aliphatic carbocycles. The number of hydrogen-bond acceptors (Lipinski definition) is 1. The zero-order valence-corrected chi connectivity index (χ0v) is 12.0. The van der Waals surface area contributed by atoms with Crippen LogP contribution in [-0.4, -0.2) is 4.98 Å². The first-order valence-electron chi connectivity index (χ1n) is 7.25. The van der Waals surface area contributed by atoms with Gasteiger partial charge in [0.15, 0.2) is 0 Å². The normalized spacial score (nSPS) is 10.9. The molecule has 0 fully saturated rings. The van der Waals surface area contributed by atoms with Crippen molar-refractivity contribution in [2.75, 3.05) is 0 Å². The molecule has 1 aromatic carbocycles. The van der Waals surface area contributed by atoms with Crippen LogP contribution in [-0.2, 0) is 6.42 Å². The summed E-state index contributed by atoms with van der Waals surface area (Å²) in [5.74, 6) is 0.827. The van der Waals surface area contributed by atoms with Gasteiger partial charge in [0.1, 0.15) is 0 Å². The fourth-order valence-corrected chi connectivity index (χ4v) is 2.28. The standard InChI is InChI=1S/C18H23N/c1-15(2)6-3-4-7-16-9-11-17(12-10-16)18-8-5-13-19-14-18/h5,8-15H,3-4,6-7H2,1-2H3. The van der Waals surface area contributed by atoms with E-state index in [1.807, 2.05) is 18.5 Å². The number of aryl methyl sites for hydroxylation is 1. The van der Waals surface area contributed by atoms with Gasteiger partial charge in [-0.05, 0) is 41.5 Å². The van der Waals surface area contributed by atoms with Crippen LogP contribution in [0.4, 0.5) is 0 Å². The number of nitrogens with zero attached hydrogens (tertiary/aromatic N) is 1. The topological polar surface area (TPSA) is 12.9 Å². The molecule has 0 saturated heterocycles. The molecule has 0 spiro atoms. The first-order chi connectivity index (χ1) is 9.25. The molecule has 0 N–H and O–H groups in total. The fraction of sp³-hybridized carbons (Fsp3) is 0.389. The number of rotatable bonds is 6. The summed E-state index contributed by atoms with van der Waals surface area (Å²) in [5.41, 5.74) is 3.88. The van der Waals surface area contributed by atoms with Crippen molar-refractivity contribution in [2.45, 2.75) is 39.5 Å². The molecule has 1 heteroatoms. The Morgan fingerprint density at radius 3 is 2.37 bits per heavy atom. The van der Waals surface area contributed by atoms with Gasteiger partial charge in [-0.25, -0.2) is 0 Å². The fourth-order valence-electron chi connectivity index (χ4n) is 2.28. The Morgan fingerprint density at radius 2 is 1.74 bits per heavy atom. The lowest BCUT2D eigenvalue weighted by molar-refractivity contribution is 0.538. The van der Waals surface area contributed by atoms with Gasteiger partial charge in [0.05, 0.1) is 0 Å². The molecule has 2 aromatic rings. The van der Waals surface area contributed by atoms with E-state index in [2.05, 4.69) is 49.2 Å². The molecule has 0 aliphatic rings. The molecule has 100 valence electrons. The van der Waals surface area contributed by atoms with Gasteiger partial charge in [-0.1, -0.05) is 57.0 Å². The SMILES string of the molecule is CC(C)CCCCc1ccc(-c2cccnc2)cc1. The third-order valence-corrected chi connectivity index (χ3v) is 3.45. The quantitative estimate of drug-likeness (QED) is 0.651. The van der Waals surface area contributed by atoms with E-state index >= 15 is 0 Å². The van der Waals surface area contributed by atoms with Crippen molar-refractivity contribution in [3.8, 4) is 11.1 Å². The van der Waals surface area contributed by atoms with Crippen LogP contribution >= 0.6 is 0 Å². The largest absolute Gasteiger partial charge is 0.264 e. The van der Waals surface area contributed by atoms with Gasteiger partial charge in [0.25, 0.3) is 0 Å². The van der Waals surface area contributed by atoms with Gasteiger partial charge in [-0.15, -0.1) is 0 Å². The van der Waals surface area contributed by atoms with Crippen molar-refractivity contribution in [1.82, 2.24) is 4.98 Å². The molecular weight excluding hydrogens is 230 g/mol. The minimum Gasteiger partial charge on any atom is -0.264 e. The summed E-state index contributed by atoms with van der Waals surface area (Å²) in [5, 5.41) is 0. The Balaban J connectivity index is 1.88. The number of hydrogen-bond donors (Lipinski definition) is 0. The van der Waals surface area contributed by atoms with Crippen molar-refractivity contribution in [1.29, 1.82) is 0 Å². The molecule has 0 bridgehead atoms. The summed E-state index contributed by atoms with van der Waals surface area (Å²) in [6, 6.07) is 13.0. The molecule has 2 rings (SSSR count). The highest BCUT2D eigenvalue weighted by Crippen LogP contribution is 2.19. The first kappa shape index (κ1) is 13.8. The summed E-state index contributed by atoms with van der Waals surface area (Å²) in [7, 11) is 0. The van der Waals surface area contributed by atoms with Crippen LogP contribution in [0.3, 0.4) is 0 Å². The van der Waals surface area contributed by atoms with E-state index in [0.29, 0.717) is 0 Å². The molecule has 19 heavy (non-hydrogen) atoms. The van der Waals surface area contributed by atoms with E-state index in [-0.39, 0.29) is 0 Å². The van der Waals surface area contributed by atoms with Crippen LogP contribution in [0, 0.1) is 5.92 Å². The molecule has 0 unspecified atom stereocenters. The predicted molar refractivity (Wildman–Crippen MR) is 82.1 cm³/mol. The van der Waals surface area contributed by atoms with Crippen molar-refractivity contribution in [2.24, 2.45) is 5.92 Å². The number of aromatic nitrogens is 1. The zero-order valence-electron chi connectivity index (χ0n) is 12.0. The molecular formula is C18H23N. The van der Waals surface area contributed by atoms with Gasteiger partial charge < -0.3 is 0 Å². The Bertz CT molecular complexity index is 471. The van der Waals surface area contributed by atoms with Crippen LogP contribution < -0.4 is 0 Å². The zero-order chi connectivity index (χ0) is 13.5. The van der Waals surface area contributed by atoms with E-state index in [9.17, 15) is 0 Å². The second-order valence-electron chi connectivity index (χ2n) is 5.58. The van der Waals surface area contributed by atoms with Crippen LogP contribution in [0.2, 0.25) is 0 Å².